The van der Waals surface area contributed by atoms with Crippen LogP contribution in [-0.2, 0) is 17.6 Å². The first-order chi connectivity index (χ1) is 14.9. The smallest absolute Gasteiger partial charge is 0.266 e. The molecule has 0 aliphatic heterocycles. The standard InChI is InChI=1S/C27H29N3O/c1-6-21-11-13-25(14-12-21)29-27(31)24(17-28)16-23-15-19(4)30(20(23)5)26-18(3)9-8-10-22(26)7-2/h8-16H,6-7H2,1-5H3,(H,29,31)/b24-16-. The zero-order chi connectivity index (χ0) is 22.5. The molecule has 2 aromatic carbocycles. The number of aromatic nitrogens is 1. The molecule has 1 N–H and O–H groups in total. The van der Waals surface area contributed by atoms with E-state index in [4.69, 9.17) is 0 Å². The van der Waals surface area contributed by atoms with Gasteiger partial charge in [-0.05, 0) is 80.1 Å². The van der Waals surface area contributed by atoms with Crippen LogP contribution in [0.1, 0.15) is 47.5 Å². The average Bonchev–Trinajstić information content (AvgIpc) is 3.04. The Labute approximate surface area is 184 Å². The Balaban J connectivity index is 1.96. The lowest BCUT2D eigenvalue weighted by Gasteiger charge is -2.17. The number of benzene rings is 2. The molecular weight excluding hydrogens is 382 g/mol. The molecule has 0 saturated heterocycles. The van der Waals surface area contributed by atoms with E-state index in [0.717, 1.165) is 29.8 Å². The number of aryl methyl sites for hydroxylation is 4. The van der Waals surface area contributed by atoms with Crippen molar-refractivity contribution in [3.63, 3.8) is 0 Å². The van der Waals surface area contributed by atoms with Crippen LogP contribution in [0.2, 0.25) is 0 Å². The van der Waals surface area contributed by atoms with Crippen LogP contribution in [0.3, 0.4) is 0 Å². The zero-order valence-corrected chi connectivity index (χ0v) is 18.9. The fourth-order valence-corrected chi connectivity index (χ4v) is 3.93. The molecule has 0 aliphatic carbocycles. The van der Waals surface area contributed by atoms with Crippen LogP contribution in [0.25, 0.3) is 11.8 Å². The molecule has 0 unspecified atom stereocenters. The van der Waals surface area contributed by atoms with E-state index in [0.29, 0.717) is 5.69 Å². The minimum Gasteiger partial charge on any atom is -0.321 e. The zero-order valence-electron chi connectivity index (χ0n) is 18.9. The summed E-state index contributed by atoms with van der Waals surface area (Å²) in [5.74, 6) is -0.401. The second-order valence-corrected chi connectivity index (χ2v) is 7.77. The van der Waals surface area contributed by atoms with Crippen molar-refractivity contribution in [1.82, 2.24) is 4.57 Å². The summed E-state index contributed by atoms with van der Waals surface area (Å²) in [4.78, 5) is 12.7. The largest absolute Gasteiger partial charge is 0.321 e. The highest BCUT2D eigenvalue weighted by molar-refractivity contribution is 6.09. The van der Waals surface area contributed by atoms with Gasteiger partial charge in [-0.2, -0.15) is 5.26 Å². The van der Waals surface area contributed by atoms with Crippen molar-refractivity contribution in [2.45, 2.75) is 47.5 Å². The fraction of sp³-hybridized carbons (Fsp3) is 0.259. The molecule has 1 aromatic heterocycles. The first-order valence-corrected chi connectivity index (χ1v) is 10.7. The van der Waals surface area contributed by atoms with E-state index < -0.39 is 5.91 Å². The molecule has 3 aromatic rings. The Morgan fingerprint density at radius 1 is 1.06 bits per heavy atom. The number of rotatable bonds is 6. The molecule has 31 heavy (non-hydrogen) atoms. The molecule has 0 spiro atoms. The second-order valence-electron chi connectivity index (χ2n) is 7.77. The third-order valence-corrected chi connectivity index (χ3v) is 5.68. The van der Waals surface area contributed by atoms with E-state index in [1.165, 1.54) is 22.4 Å². The lowest BCUT2D eigenvalue weighted by molar-refractivity contribution is -0.112. The first kappa shape index (κ1) is 22.1. The van der Waals surface area contributed by atoms with Gasteiger partial charge >= 0.3 is 0 Å². The molecule has 4 heteroatoms. The lowest BCUT2D eigenvalue weighted by Crippen LogP contribution is -2.13. The molecule has 4 nitrogen and oxygen atoms in total. The highest BCUT2D eigenvalue weighted by atomic mass is 16.1. The topological polar surface area (TPSA) is 57.8 Å². The van der Waals surface area contributed by atoms with Crippen LogP contribution in [0.15, 0.2) is 54.1 Å². The third-order valence-electron chi connectivity index (χ3n) is 5.68. The molecule has 1 amide bonds. The van der Waals surface area contributed by atoms with E-state index in [1.54, 1.807) is 6.08 Å². The summed E-state index contributed by atoms with van der Waals surface area (Å²) < 4.78 is 2.22. The first-order valence-electron chi connectivity index (χ1n) is 10.7. The van der Waals surface area contributed by atoms with Crippen LogP contribution in [0, 0.1) is 32.1 Å². The minimum absolute atomic E-state index is 0.0836. The number of amides is 1. The number of carbonyl (C=O) groups excluding carboxylic acids is 1. The summed E-state index contributed by atoms with van der Waals surface area (Å²) in [6.45, 7) is 10.4. The van der Waals surface area contributed by atoms with Gasteiger partial charge in [-0.3, -0.25) is 4.79 Å². The molecule has 0 saturated carbocycles. The number of hydrogen-bond donors (Lipinski definition) is 1. The number of nitrogens with zero attached hydrogens (tertiary/aromatic N) is 2. The predicted molar refractivity (Wildman–Crippen MR) is 127 cm³/mol. The number of anilines is 1. The van der Waals surface area contributed by atoms with Crippen molar-refractivity contribution >= 4 is 17.7 Å². The van der Waals surface area contributed by atoms with Crippen molar-refractivity contribution in [1.29, 1.82) is 5.26 Å². The van der Waals surface area contributed by atoms with E-state index in [1.807, 2.05) is 37.3 Å². The van der Waals surface area contributed by atoms with Crippen molar-refractivity contribution < 1.29 is 4.79 Å². The molecule has 3 rings (SSSR count). The van der Waals surface area contributed by atoms with Gasteiger partial charge in [-0.15, -0.1) is 0 Å². The molecule has 1 heterocycles. The molecule has 0 bridgehead atoms. The molecule has 0 atom stereocenters. The Morgan fingerprint density at radius 2 is 1.77 bits per heavy atom. The Morgan fingerprint density at radius 3 is 2.39 bits per heavy atom. The Kier molecular flexibility index (Phi) is 6.77. The van der Waals surface area contributed by atoms with E-state index >= 15 is 0 Å². The van der Waals surface area contributed by atoms with Gasteiger partial charge in [-0.25, -0.2) is 0 Å². The highest BCUT2D eigenvalue weighted by Crippen LogP contribution is 2.28. The second kappa shape index (κ2) is 9.49. The summed E-state index contributed by atoms with van der Waals surface area (Å²) in [5, 5.41) is 12.5. The van der Waals surface area contributed by atoms with Gasteiger partial charge in [0.15, 0.2) is 0 Å². The number of hydrogen-bond acceptors (Lipinski definition) is 2. The minimum atomic E-state index is -0.401. The lowest BCUT2D eigenvalue weighted by atomic mass is 10.1. The van der Waals surface area contributed by atoms with Crippen LogP contribution in [-0.4, -0.2) is 10.5 Å². The van der Waals surface area contributed by atoms with Crippen molar-refractivity contribution in [3.8, 4) is 11.8 Å². The average molecular weight is 412 g/mol. The van der Waals surface area contributed by atoms with Gasteiger partial charge in [0.25, 0.3) is 5.91 Å². The summed E-state index contributed by atoms with van der Waals surface area (Å²) >= 11 is 0. The predicted octanol–water partition coefficient (Wildman–Crippen LogP) is 6.07. The van der Waals surface area contributed by atoms with Gasteiger partial charge in [0, 0.05) is 17.1 Å². The van der Waals surface area contributed by atoms with Crippen LogP contribution in [0.4, 0.5) is 5.69 Å². The maximum atomic E-state index is 12.7. The normalized spacial score (nSPS) is 11.3. The maximum absolute atomic E-state index is 12.7. The van der Waals surface area contributed by atoms with Crippen molar-refractivity contribution in [3.05, 3.63) is 87.7 Å². The van der Waals surface area contributed by atoms with E-state index in [-0.39, 0.29) is 5.57 Å². The SMILES string of the molecule is CCc1ccc(NC(=O)/C(C#N)=C\c2cc(C)n(-c3c(C)cccc3CC)c2C)cc1. The molecule has 0 radical (unpaired) electrons. The van der Waals surface area contributed by atoms with Gasteiger partial charge < -0.3 is 9.88 Å². The van der Waals surface area contributed by atoms with E-state index in [9.17, 15) is 10.1 Å². The Bertz CT molecular complexity index is 1170. The number of nitriles is 1. The van der Waals surface area contributed by atoms with Crippen molar-refractivity contribution in [2.75, 3.05) is 5.32 Å². The number of nitrogens with one attached hydrogen (secondary N) is 1. The van der Waals surface area contributed by atoms with Crippen molar-refractivity contribution in [2.24, 2.45) is 0 Å². The summed E-state index contributed by atoms with van der Waals surface area (Å²) in [5.41, 5.74) is 8.56. The highest BCUT2D eigenvalue weighted by Gasteiger charge is 2.16. The fourth-order valence-electron chi connectivity index (χ4n) is 3.93. The molecule has 158 valence electrons. The maximum Gasteiger partial charge on any atom is 0.266 e. The summed E-state index contributed by atoms with van der Waals surface area (Å²) in [6, 6.07) is 18.1. The van der Waals surface area contributed by atoms with E-state index in [2.05, 4.69) is 61.8 Å². The quantitative estimate of drug-likeness (QED) is 0.395. The summed E-state index contributed by atoms with van der Waals surface area (Å²) in [7, 11) is 0. The van der Waals surface area contributed by atoms with Crippen LogP contribution >= 0.6 is 0 Å². The van der Waals surface area contributed by atoms with Crippen LogP contribution < -0.4 is 5.32 Å². The molecule has 0 aliphatic rings. The Hall–Kier alpha value is -3.58. The number of para-hydroxylation sites is 1. The summed E-state index contributed by atoms with van der Waals surface area (Å²) in [6.07, 6.45) is 3.55. The van der Waals surface area contributed by atoms with Crippen LogP contribution in [0.5, 0.6) is 0 Å². The molecular formula is C27H29N3O. The van der Waals surface area contributed by atoms with Gasteiger partial charge in [0.05, 0.1) is 5.69 Å². The molecule has 0 fully saturated rings. The van der Waals surface area contributed by atoms with Gasteiger partial charge in [0.1, 0.15) is 11.6 Å². The number of carbonyl (C=O) groups is 1. The monoisotopic (exact) mass is 411 g/mol. The van der Waals surface area contributed by atoms with Gasteiger partial charge in [0.2, 0.25) is 0 Å². The third kappa shape index (κ3) is 4.62. The van der Waals surface area contributed by atoms with Gasteiger partial charge in [-0.1, -0.05) is 44.2 Å².